The van der Waals surface area contributed by atoms with Gasteiger partial charge in [-0.1, -0.05) is 19.3 Å². The molecule has 0 heterocycles. The van der Waals surface area contributed by atoms with Gasteiger partial charge in [0, 0.05) is 12.8 Å². The van der Waals surface area contributed by atoms with Crippen molar-refractivity contribution in [2.24, 2.45) is 10.8 Å². The van der Waals surface area contributed by atoms with Crippen molar-refractivity contribution in [1.82, 2.24) is 0 Å². The summed E-state index contributed by atoms with van der Waals surface area (Å²) >= 11 is 0. The Kier molecular flexibility index (Phi) is 2.08. The van der Waals surface area contributed by atoms with Crippen LogP contribution >= 0.6 is 0 Å². The highest BCUT2D eigenvalue weighted by Gasteiger charge is 2.65. The van der Waals surface area contributed by atoms with Crippen molar-refractivity contribution in [2.45, 2.75) is 70.3 Å². The van der Waals surface area contributed by atoms with E-state index < -0.39 is 5.60 Å². The second-order valence-electron chi connectivity index (χ2n) is 6.86. The molecule has 0 aliphatic heterocycles. The normalized spacial score (nSPS) is 52.2. The topological polar surface area (TPSA) is 37.3 Å². The van der Waals surface area contributed by atoms with Crippen LogP contribution in [0.1, 0.15) is 64.7 Å². The van der Waals surface area contributed by atoms with Crippen LogP contribution < -0.4 is 0 Å². The molecular formula is C14H22O2. The fourth-order valence-corrected chi connectivity index (χ4v) is 5.20. The summed E-state index contributed by atoms with van der Waals surface area (Å²) in [6, 6.07) is 0. The Hall–Kier alpha value is -0.370. The minimum atomic E-state index is -0.516. The highest BCUT2D eigenvalue weighted by atomic mass is 16.3. The lowest BCUT2D eigenvalue weighted by Crippen LogP contribution is -2.30. The molecule has 0 aromatic carbocycles. The van der Waals surface area contributed by atoms with E-state index in [9.17, 15) is 9.90 Å². The summed E-state index contributed by atoms with van der Waals surface area (Å²) in [7, 11) is 0. The lowest BCUT2D eigenvalue weighted by atomic mass is 9.65. The van der Waals surface area contributed by atoms with Gasteiger partial charge in [0.25, 0.3) is 0 Å². The van der Waals surface area contributed by atoms with E-state index in [0.29, 0.717) is 5.78 Å². The Labute approximate surface area is 97.4 Å². The van der Waals surface area contributed by atoms with Gasteiger partial charge in [0.2, 0.25) is 0 Å². The number of hydrogen-bond acceptors (Lipinski definition) is 2. The van der Waals surface area contributed by atoms with Gasteiger partial charge in [0.15, 0.2) is 0 Å². The van der Waals surface area contributed by atoms with E-state index in [4.69, 9.17) is 0 Å². The molecule has 1 N–H and O–H groups in total. The number of rotatable bonds is 0. The smallest absolute Gasteiger partial charge is 0.134 e. The molecule has 0 saturated heterocycles. The molecule has 2 nitrogen and oxygen atoms in total. The van der Waals surface area contributed by atoms with Gasteiger partial charge in [-0.3, -0.25) is 4.79 Å². The van der Waals surface area contributed by atoms with Crippen LogP contribution in [0.3, 0.4) is 0 Å². The Balaban J connectivity index is 2.03. The monoisotopic (exact) mass is 222 g/mol. The maximum absolute atomic E-state index is 11.9. The first-order valence-electron chi connectivity index (χ1n) is 6.71. The molecule has 0 aromatic heterocycles. The number of hydrogen-bond donors (Lipinski definition) is 1. The molecule has 16 heavy (non-hydrogen) atoms. The van der Waals surface area contributed by atoms with Gasteiger partial charge < -0.3 is 5.11 Å². The van der Waals surface area contributed by atoms with E-state index >= 15 is 0 Å². The third-order valence-electron chi connectivity index (χ3n) is 5.45. The highest BCUT2D eigenvalue weighted by Crippen LogP contribution is 2.69. The van der Waals surface area contributed by atoms with Crippen LogP contribution in [-0.4, -0.2) is 16.5 Å². The first-order chi connectivity index (χ1) is 7.47. The largest absolute Gasteiger partial charge is 0.390 e. The molecule has 0 aromatic rings. The molecule has 0 bridgehead atoms. The number of carbonyl (C=O) groups excluding carboxylic acids is 1. The predicted molar refractivity (Wildman–Crippen MR) is 62.0 cm³/mol. The maximum atomic E-state index is 11.9. The van der Waals surface area contributed by atoms with E-state index in [1.165, 1.54) is 32.1 Å². The van der Waals surface area contributed by atoms with Gasteiger partial charge in [0.05, 0.1) is 5.60 Å². The van der Waals surface area contributed by atoms with Gasteiger partial charge in [-0.2, -0.15) is 0 Å². The van der Waals surface area contributed by atoms with Crippen LogP contribution in [0.5, 0.6) is 0 Å². The first kappa shape index (κ1) is 10.8. The van der Waals surface area contributed by atoms with Gasteiger partial charge in [0.1, 0.15) is 5.78 Å². The van der Waals surface area contributed by atoms with E-state index in [2.05, 4.69) is 0 Å². The third-order valence-corrected chi connectivity index (χ3v) is 5.45. The average Bonchev–Trinajstić information content (AvgIpc) is 2.40. The van der Waals surface area contributed by atoms with Crippen molar-refractivity contribution < 1.29 is 9.90 Å². The van der Waals surface area contributed by atoms with E-state index in [1.807, 2.05) is 6.92 Å². The van der Waals surface area contributed by atoms with Crippen LogP contribution in [0.2, 0.25) is 0 Å². The number of carbonyl (C=O) groups is 1. The zero-order valence-corrected chi connectivity index (χ0v) is 10.2. The molecule has 3 saturated carbocycles. The van der Waals surface area contributed by atoms with E-state index in [1.54, 1.807) is 0 Å². The minimum absolute atomic E-state index is 0.171. The highest BCUT2D eigenvalue weighted by molar-refractivity contribution is 5.83. The minimum Gasteiger partial charge on any atom is -0.390 e. The van der Waals surface area contributed by atoms with Crippen molar-refractivity contribution in [2.75, 3.05) is 0 Å². The quantitative estimate of drug-likeness (QED) is 0.684. The van der Waals surface area contributed by atoms with Crippen molar-refractivity contribution in [3.05, 3.63) is 0 Å². The molecule has 0 radical (unpaired) electrons. The maximum Gasteiger partial charge on any atom is 0.134 e. The summed E-state index contributed by atoms with van der Waals surface area (Å²) in [6.45, 7) is 1.97. The first-order valence-corrected chi connectivity index (χ1v) is 6.71. The molecule has 0 spiro atoms. The van der Waals surface area contributed by atoms with Crippen molar-refractivity contribution >= 4 is 5.78 Å². The Morgan fingerprint density at radius 3 is 2.00 bits per heavy atom. The van der Waals surface area contributed by atoms with Crippen molar-refractivity contribution in [3.63, 3.8) is 0 Å². The van der Waals surface area contributed by atoms with Crippen LogP contribution in [0.15, 0.2) is 0 Å². The Morgan fingerprint density at radius 2 is 1.50 bits per heavy atom. The Morgan fingerprint density at radius 1 is 1.00 bits per heavy atom. The molecule has 2 atom stereocenters. The summed E-state index contributed by atoms with van der Waals surface area (Å²) in [5.41, 5.74) is -0.174. The molecule has 3 rings (SSSR count). The molecule has 2 unspecified atom stereocenters. The van der Waals surface area contributed by atoms with Crippen LogP contribution in [-0.2, 0) is 4.79 Å². The molecule has 0 amide bonds. The van der Waals surface area contributed by atoms with E-state index in [0.717, 1.165) is 25.7 Å². The number of Topliss-reactive ketones (excluding diaryl/α,β-unsaturated/α-hetero) is 1. The summed E-state index contributed by atoms with van der Waals surface area (Å²) < 4.78 is 0. The standard InChI is InChI=1S/C14H22O2/c1-12(16)9-13-5-3-2-4-6-14(13,10-12)8-11(15)7-13/h16H,2-10H2,1H3. The second kappa shape index (κ2) is 3.10. The Bertz CT molecular complexity index is 306. The molecular weight excluding hydrogens is 200 g/mol. The second-order valence-corrected chi connectivity index (χ2v) is 6.86. The van der Waals surface area contributed by atoms with Gasteiger partial charge in [-0.15, -0.1) is 0 Å². The number of aliphatic hydroxyl groups is 1. The summed E-state index contributed by atoms with van der Waals surface area (Å²) in [5.74, 6) is 0.456. The van der Waals surface area contributed by atoms with Gasteiger partial charge in [-0.05, 0) is 43.4 Å². The van der Waals surface area contributed by atoms with Crippen LogP contribution in [0.25, 0.3) is 0 Å². The zero-order valence-electron chi connectivity index (χ0n) is 10.2. The number of ketones is 1. The summed E-state index contributed by atoms with van der Waals surface area (Å²) in [5, 5.41) is 10.4. The van der Waals surface area contributed by atoms with Gasteiger partial charge in [-0.25, -0.2) is 0 Å². The zero-order chi connectivity index (χ0) is 11.4. The molecule has 3 aliphatic rings. The predicted octanol–water partition coefficient (Wildman–Crippen LogP) is 2.83. The van der Waals surface area contributed by atoms with Gasteiger partial charge >= 0.3 is 0 Å². The van der Waals surface area contributed by atoms with Crippen LogP contribution in [0.4, 0.5) is 0 Å². The summed E-state index contributed by atoms with van der Waals surface area (Å²) in [4.78, 5) is 11.9. The summed E-state index contributed by atoms with van der Waals surface area (Å²) in [6.07, 6.45) is 9.42. The lowest BCUT2D eigenvalue weighted by molar-refractivity contribution is -0.118. The van der Waals surface area contributed by atoms with Crippen molar-refractivity contribution in [3.8, 4) is 0 Å². The van der Waals surface area contributed by atoms with Crippen molar-refractivity contribution in [1.29, 1.82) is 0 Å². The molecule has 3 fully saturated rings. The fourth-order valence-electron chi connectivity index (χ4n) is 5.20. The fraction of sp³-hybridized carbons (Fsp3) is 0.929. The molecule has 2 heteroatoms. The SMILES string of the molecule is CC1(O)CC23CCCCCC2(CC(=O)C3)C1. The van der Waals surface area contributed by atoms with Crippen LogP contribution in [0, 0.1) is 10.8 Å². The lowest BCUT2D eigenvalue weighted by Gasteiger charge is -2.38. The van der Waals surface area contributed by atoms with E-state index in [-0.39, 0.29) is 10.8 Å². The third kappa shape index (κ3) is 1.32. The average molecular weight is 222 g/mol. The molecule has 3 aliphatic carbocycles. The molecule has 90 valence electrons.